The van der Waals surface area contributed by atoms with Crippen LogP contribution in [0.15, 0.2) is 59.5 Å². The Kier molecular flexibility index (Phi) is 4.24. The number of aromatic nitrogens is 1. The molecule has 0 N–H and O–H groups in total. The van der Waals surface area contributed by atoms with E-state index < -0.39 is 9.05 Å². The molecule has 0 radical (unpaired) electrons. The molecule has 0 spiro atoms. The minimum absolute atomic E-state index is 0.0308. The van der Waals surface area contributed by atoms with E-state index in [2.05, 4.69) is 4.98 Å². The molecular formula is C17H14ClNO3S. The highest BCUT2D eigenvalue weighted by molar-refractivity contribution is 8.13. The lowest BCUT2D eigenvalue weighted by molar-refractivity contribution is 0.299. The van der Waals surface area contributed by atoms with Gasteiger partial charge in [0.25, 0.3) is 9.05 Å². The maximum atomic E-state index is 11.6. The summed E-state index contributed by atoms with van der Waals surface area (Å²) in [4.78, 5) is 4.44. The Morgan fingerprint density at radius 3 is 2.57 bits per heavy atom. The Balaban J connectivity index is 1.97. The van der Waals surface area contributed by atoms with Gasteiger partial charge in [0.2, 0.25) is 0 Å². The second kappa shape index (κ2) is 6.18. The zero-order chi connectivity index (χ0) is 16.4. The molecule has 0 aliphatic carbocycles. The molecule has 0 saturated carbocycles. The van der Waals surface area contributed by atoms with Crippen molar-refractivity contribution in [3.05, 3.63) is 65.9 Å². The Hall–Kier alpha value is -2.11. The van der Waals surface area contributed by atoms with Crippen LogP contribution in [0.4, 0.5) is 0 Å². The molecule has 23 heavy (non-hydrogen) atoms. The summed E-state index contributed by atoms with van der Waals surface area (Å²) in [6, 6.07) is 16.0. The van der Waals surface area contributed by atoms with Crippen molar-refractivity contribution in [1.29, 1.82) is 0 Å². The van der Waals surface area contributed by atoms with E-state index in [-0.39, 0.29) is 17.3 Å². The van der Waals surface area contributed by atoms with Crippen molar-refractivity contribution in [3.8, 4) is 5.75 Å². The fourth-order valence-corrected chi connectivity index (χ4v) is 3.43. The minimum atomic E-state index is -3.85. The van der Waals surface area contributed by atoms with E-state index in [0.717, 1.165) is 22.2 Å². The summed E-state index contributed by atoms with van der Waals surface area (Å²) < 4.78 is 28.9. The molecule has 3 aromatic rings. The fourth-order valence-electron chi connectivity index (χ4n) is 2.44. The summed E-state index contributed by atoms with van der Waals surface area (Å²) in [5.41, 5.74) is 2.69. The van der Waals surface area contributed by atoms with Crippen molar-refractivity contribution < 1.29 is 13.2 Å². The van der Waals surface area contributed by atoms with Crippen molar-refractivity contribution in [1.82, 2.24) is 4.98 Å². The van der Waals surface area contributed by atoms with E-state index in [4.69, 9.17) is 15.4 Å². The maximum absolute atomic E-state index is 11.6. The third-order valence-corrected chi connectivity index (χ3v) is 4.79. The van der Waals surface area contributed by atoms with Crippen LogP contribution in [-0.2, 0) is 15.7 Å². The lowest BCUT2D eigenvalue weighted by Gasteiger charge is -2.12. The highest BCUT2D eigenvalue weighted by atomic mass is 35.7. The number of nitrogens with zero attached hydrogens (tertiary/aromatic N) is 1. The van der Waals surface area contributed by atoms with Crippen LogP contribution in [0.5, 0.6) is 5.75 Å². The van der Waals surface area contributed by atoms with Gasteiger partial charge in [0.05, 0.1) is 5.52 Å². The molecule has 3 rings (SSSR count). The molecule has 0 atom stereocenters. The number of para-hydroxylation sites is 2. The summed E-state index contributed by atoms with van der Waals surface area (Å²) in [5, 5.41) is 0.976. The van der Waals surface area contributed by atoms with Crippen molar-refractivity contribution >= 4 is 30.6 Å². The zero-order valence-electron chi connectivity index (χ0n) is 12.4. The van der Waals surface area contributed by atoms with E-state index in [1.807, 2.05) is 37.3 Å². The Morgan fingerprint density at radius 1 is 1.09 bits per heavy atom. The number of halogens is 1. The molecule has 118 valence electrons. The predicted octanol–water partition coefficient (Wildman–Crippen LogP) is 4.05. The molecule has 4 nitrogen and oxygen atoms in total. The third-order valence-electron chi connectivity index (χ3n) is 3.42. The molecule has 0 amide bonds. The number of benzene rings is 2. The monoisotopic (exact) mass is 347 g/mol. The SMILES string of the molecule is Cc1cc(COc2ccccc2S(=O)(=O)Cl)c2ccccc2n1. The number of ether oxygens (including phenoxy) is 1. The average Bonchev–Trinajstić information content (AvgIpc) is 2.52. The second-order valence-corrected chi connectivity index (χ2v) is 7.65. The summed E-state index contributed by atoms with van der Waals surface area (Å²) in [5.74, 6) is 0.237. The number of rotatable bonds is 4. The van der Waals surface area contributed by atoms with E-state index in [9.17, 15) is 8.42 Å². The minimum Gasteiger partial charge on any atom is -0.487 e. The van der Waals surface area contributed by atoms with Crippen molar-refractivity contribution in [2.75, 3.05) is 0 Å². The van der Waals surface area contributed by atoms with E-state index in [1.54, 1.807) is 18.2 Å². The van der Waals surface area contributed by atoms with Gasteiger partial charge >= 0.3 is 0 Å². The molecule has 0 aliphatic heterocycles. The van der Waals surface area contributed by atoms with Gasteiger partial charge in [0, 0.05) is 27.3 Å². The van der Waals surface area contributed by atoms with Crippen LogP contribution < -0.4 is 4.74 Å². The normalized spacial score (nSPS) is 11.6. The van der Waals surface area contributed by atoms with Crippen LogP contribution in [0.3, 0.4) is 0 Å². The van der Waals surface area contributed by atoms with E-state index in [0.29, 0.717) is 0 Å². The van der Waals surface area contributed by atoms with Crippen molar-refractivity contribution in [3.63, 3.8) is 0 Å². The average molecular weight is 348 g/mol. The predicted molar refractivity (Wildman–Crippen MR) is 90.3 cm³/mol. The van der Waals surface area contributed by atoms with Gasteiger partial charge in [0.1, 0.15) is 17.3 Å². The van der Waals surface area contributed by atoms with Crippen LogP contribution >= 0.6 is 10.7 Å². The molecular weight excluding hydrogens is 334 g/mol. The lowest BCUT2D eigenvalue weighted by atomic mass is 10.1. The second-order valence-electron chi connectivity index (χ2n) is 5.11. The topological polar surface area (TPSA) is 56.3 Å². The number of hydrogen-bond donors (Lipinski definition) is 0. The number of aryl methyl sites for hydroxylation is 1. The molecule has 1 heterocycles. The van der Waals surface area contributed by atoms with Crippen LogP contribution in [0.2, 0.25) is 0 Å². The number of hydrogen-bond acceptors (Lipinski definition) is 4. The summed E-state index contributed by atoms with van der Waals surface area (Å²) in [7, 11) is 1.59. The molecule has 0 unspecified atom stereocenters. The van der Waals surface area contributed by atoms with Crippen molar-refractivity contribution in [2.45, 2.75) is 18.4 Å². The smallest absolute Gasteiger partial charge is 0.264 e. The van der Waals surface area contributed by atoms with Gasteiger partial charge in [-0.25, -0.2) is 8.42 Å². The molecule has 0 aliphatic rings. The lowest BCUT2D eigenvalue weighted by Crippen LogP contribution is -2.02. The first kappa shape index (κ1) is 15.8. The molecule has 0 saturated heterocycles. The Morgan fingerprint density at radius 2 is 1.78 bits per heavy atom. The first-order valence-electron chi connectivity index (χ1n) is 6.97. The van der Waals surface area contributed by atoms with Crippen LogP contribution in [-0.4, -0.2) is 13.4 Å². The van der Waals surface area contributed by atoms with Gasteiger partial charge in [-0.15, -0.1) is 0 Å². The Labute approximate surface area is 139 Å². The van der Waals surface area contributed by atoms with Gasteiger partial charge in [-0.3, -0.25) is 4.98 Å². The highest BCUT2D eigenvalue weighted by Crippen LogP contribution is 2.28. The first-order valence-corrected chi connectivity index (χ1v) is 9.28. The zero-order valence-corrected chi connectivity index (χ0v) is 13.9. The fraction of sp³-hybridized carbons (Fsp3) is 0.118. The van der Waals surface area contributed by atoms with Crippen LogP contribution in [0.1, 0.15) is 11.3 Å². The van der Waals surface area contributed by atoms with Gasteiger partial charge in [-0.2, -0.15) is 0 Å². The summed E-state index contributed by atoms with van der Waals surface area (Å²) in [6.45, 7) is 2.14. The summed E-state index contributed by atoms with van der Waals surface area (Å²) in [6.07, 6.45) is 0. The molecule has 0 bridgehead atoms. The quantitative estimate of drug-likeness (QED) is 0.668. The van der Waals surface area contributed by atoms with Gasteiger partial charge in [0.15, 0.2) is 0 Å². The maximum Gasteiger partial charge on any atom is 0.264 e. The molecule has 6 heteroatoms. The molecule has 2 aromatic carbocycles. The Bertz CT molecular complexity index is 970. The molecule has 0 fully saturated rings. The van der Waals surface area contributed by atoms with E-state index >= 15 is 0 Å². The van der Waals surface area contributed by atoms with Crippen LogP contribution in [0, 0.1) is 6.92 Å². The largest absolute Gasteiger partial charge is 0.487 e. The molecule has 1 aromatic heterocycles. The van der Waals surface area contributed by atoms with Crippen LogP contribution in [0.25, 0.3) is 10.9 Å². The van der Waals surface area contributed by atoms with Gasteiger partial charge < -0.3 is 4.74 Å². The number of fused-ring (bicyclic) bond motifs is 1. The van der Waals surface area contributed by atoms with Gasteiger partial charge in [-0.1, -0.05) is 30.3 Å². The summed E-state index contributed by atoms with van der Waals surface area (Å²) >= 11 is 0. The van der Waals surface area contributed by atoms with E-state index in [1.165, 1.54) is 6.07 Å². The first-order chi connectivity index (χ1) is 10.9. The highest BCUT2D eigenvalue weighted by Gasteiger charge is 2.16. The van der Waals surface area contributed by atoms with Gasteiger partial charge in [-0.05, 0) is 31.2 Å². The third kappa shape index (κ3) is 3.46. The number of pyridine rings is 1. The van der Waals surface area contributed by atoms with Crippen molar-refractivity contribution in [2.24, 2.45) is 0 Å². The standard InChI is InChI=1S/C17H14ClNO3S/c1-12-10-13(14-6-2-3-7-15(14)19-12)11-22-16-8-4-5-9-17(16)23(18,20)21/h2-10H,11H2,1H3.